The third-order valence-corrected chi connectivity index (χ3v) is 6.46. The van der Waals surface area contributed by atoms with Crippen LogP contribution in [-0.2, 0) is 11.2 Å². The number of aromatic nitrogens is 2. The number of ether oxygens (including phenoxy) is 1. The van der Waals surface area contributed by atoms with Gasteiger partial charge in [0.2, 0.25) is 0 Å². The first kappa shape index (κ1) is 25.1. The normalized spacial score (nSPS) is 10.9. The fourth-order valence-corrected chi connectivity index (χ4v) is 4.72. The summed E-state index contributed by atoms with van der Waals surface area (Å²) >= 11 is 1.46. The molecule has 1 amide bonds. The molecule has 0 unspecified atom stereocenters. The summed E-state index contributed by atoms with van der Waals surface area (Å²) in [6.45, 7) is 5.99. The zero-order chi connectivity index (χ0) is 25.7. The van der Waals surface area contributed by atoms with E-state index in [1.807, 2.05) is 12.1 Å². The van der Waals surface area contributed by atoms with Crippen LogP contribution in [0.25, 0.3) is 22.5 Å². The summed E-state index contributed by atoms with van der Waals surface area (Å²) in [4.78, 5) is 35.9. The highest BCUT2D eigenvalue weighted by atomic mass is 32.1. The maximum atomic E-state index is 13.1. The van der Waals surface area contributed by atoms with Gasteiger partial charge in [-0.05, 0) is 54.3 Å². The molecule has 8 heteroatoms. The highest BCUT2D eigenvalue weighted by Gasteiger charge is 2.20. The van der Waals surface area contributed by atoms with E-state index < -0.39 is 5.97 Å². The molecule has 0 atom stereocenters. The van der Waals surface area contributed by atoms with Crippen molar-refractivity contribution in [2.75, 3.05) is 5.32 Å². The molecule has 0 bridgehead atoms. The molecule has 2 N–H and O–H groups in total. The predicted molar refractivity (Wildman–Crippen MR) is 141 cm³/mol. The van der Waals surface area contributed by atoms with Crippen LogP contribution in [0.1, 0.15) is 41.7 Å². The molecule has 36 heavy (non-hydrogen) atoms. The number of phenols is 1. The molecule has 7 nitrogen and oxygen atoms in total. The van der Waals surface area contributed by atoms with E-state index in [4.69, 9.17) is 4.74 Å². The fourth-order valence-electron chi connectivity index (χ4n) is 3.60. The average Bonchev–Trinajstić information content (AvgIpc) is 3.33. The third kappa shape index (κ3) is 5.95. The van der Waals surface area contributed by atoms with E-state index >= 15 is 0 Å². The lowest BCUT2D eigenvalue weighted by Crippen LogP contribution is -2.13. The number of carbonyl (C=O) groups is 2. The zero-order valence-corrected chi connectivity index (χ0v) is 21.1. The van der Waals surface area contributed by atoms with Crippen molar-refractivity contribution in [2.24, 2.45) is 5.92 Å². The molecule has 0 aliphatic carbocycles. The lowest BCUT2D eigenvalue weighted by molar-refractivity contribution is -0.133. The molecule has 0 saturated carbocycles. The van der Waals surface area contributed by atoms with Crippen LogP contribution >= 0.6 is 11.3 Å². The van der Waals surface area contributed by atoms with Crippen molar-refractivity contribution in [1.29, 1.82) is 0 Å². The summed E-state index contributed by atoms with van der Waals surface area (Å²) in [7, 11) is 0. The van der Waals surface area contributed by atoms with Crippen molar-refractivity contribution in [3.05, 3.63) is 76.7 Å². The Hall–Kier alpha value is -4.04. The van der Waals surface area contributed by atoms with Crippen molar-refractivity contribution in [2.45, 2.75) is 33.6 Å². The number of nitrogens with one attached hydrogen (secondary N) is 1. The number of esters is 1. The summed E-state index contributed by atoms with van der Waals surface area (Å²) < 4.78 is 5.56. The molecule has 184 valence electrons. The zero-order valence-electron chi connectivity index (χ0n) is 20.3. The third-order valence-electron chi connectivity index (χ3n) is 5.36. The van der Waals surface area contributed by atoms with Crippen molar-refractivity contribution >= 4 is 28.9 Å². The Balaban J connectivity index is 1.68. The number of amides is 1. The van der Waals surface area contributed by atoms with Crippen LogP contribution in [0.15, 0.2) is 67.0 Å². The Morgan fingerprint density at radius 2 is 1.72 bits per heavy atom. The molecule has 4 aromatic rings. The molecule has 2 heterocycles. The lowest BCUT2D eigenvalue weighted by Gasteiger charge is -2.14. The molecule has 0 aliphatic rings. The summed E-state index contributed by atoms with van der Waals surface area (Å²) in [5.74, 6) is 0.582. The van der Waals surface area contributed by atoms with E-state index in [-0.39, 0.29) is 23.8 Å². The van der Waals surface area contributed by atoms with Crippen LogP contribution in [-0.4, -0.2) is 27.0 Å². The van der Waals surface area contributed by atoms with Gasteiger partial charge in [0.1, 0.15) is 11.5 Å². The van der Waals surface area contributed by atoms with E-state index in [9.17, 15) is 14.7 Å². The molecule has 0 saturated heterocycles. The van der Waals surface area contributed by atoms with Gasteiger partial charge in [0.15, 0.2) is 5.82 Å². The Morgan fingerprint density at radius 3 is 2.39 bits per heavy atom. The van der Waals surface area contributed by atoms with Gasteiger partial charge in [-0.2, -0.15) is 0 Å². The number of rotatable bonds is 8. The highest BCUT2D eigenvalue weighted by molar-refractivity contribution is 7.14. The van der Waals surface area contributed by atoms with E-state index in [1.54, 1.807) is 61.8 Å². The molecule has 4 rings (SSSR count). The van der Waals surface area contributed by atoms with Crippen molar-refractivity contribution in [3.63, 3.8) is 0 Å². The molecular formula is C28H27N3O4S. The highest BCUT2D eigenvalue weighted by Crippen LogP contribution is 2.36. The van der Waals surface area contributed by atoms with E-state index in [0.29, 0.717) is 27.9 Å². The van der Waals surface area contributed by atoms with Crippen LogP contribution in [0, 0.1) is 5.92 Å². The summed E-state index contributed by atoms with van der Waals surface area (Å²) in [5, 5.41) is 12.5. The second-order valence-corrected chi connectivity index (χ2v) is 9.83. The predicted octanol–water partition coefficient (Wildman–Crippen LogP) is 6.34. The van der Waals surface area contributed by atoms with Crippen LogP contribution in [0.2, 0.25) is 0 Å². The van der Waals surface area contributed by atoms with Crippen molar-refractivity contribution in [3.8, 4) is 34.0 Å². The van der Waals surface area contributed by atoms with Gasteiger partial charge in [-0.3, -0.25) is 9.59 Å². The molecule has 0 spiro atoms. The molecule has 0 fully saturated rings. The van der Waals surface area contributed by atoms with Crippen LogP contribution in [0.3, 0.4) is 0 Å². The van der Waals surface area contributed by atoms with Crippen LogP contribution in [0.5, 0.6) is 11.5 Å². The number of carbonyl (C=O) groups excluding carboxylic acids is 2. The Labute approximate surface area is 213 Å². The Morgan fingerprint density at radius 1 is 1.00 bits per heavy atom. The summed E-state index contributed by atoms with van der Waals surface area (Å²) in [6, 6.07) is 15.6. The largest absolute Gasteiger partial charge is 0.508 e. The SMILES string of the molecule is CCC(=O)Oc1cccc(NC(=O)c2ccc(CC(C)C)s2)c1-c1ncc(-c2ccc(O)cc2)cn1. The Kier molecular flexibility index (Phi) is 7.75. The summed E-state index contributed by atoms with van der Waals surface area (Å²) in [6.07, 6.45) is 4.41. The topological polar surface area (TPSA) is 101 Å². The molecule has 0 radical (unpaired) electrons. The van der Waals surface area contributed by atoms with E-state index in [0.717, 1.165) is 22.4 Å². The number of benzene rings is 2. The number of anilines is 1. The summed E-state index contributed by atoms with van der Waals surface area (Å²) in [5.41, 5.74) is 2.46. The van der Waals surface area contributed by atoms with Gasteiger partial charge >= 0.3 is 5.97 Å². The van der Waals surface area contributed by atoms with E-state index in [1.165, 1.54) is 11.3 Å². The van der Waals surface area contributed by atoms with Gasteiger partial charge in [0.25, 0.3) is 5.91 Å². The number of phenolic OH excluding ortho intramolecular Hbond substituents is 1. The van der Waals surface area contributed by atoms with Gasteiger partial charge < -0.3 is 15.2 Å². The van der Waals surface area contributed by atoms with Gasteiger partial charge in [-0.1, -0.05) is 39.0 Å². The smallest absolute Gasteiger partial charge is 0.310 e. The van der Waals surface area contributed by atoms with E-state index in [2.05, 4.69) is 29.1 Å². The minimum atomic E-state index is -0.406. The molecule has 2 aromatic heterocycles. The Bertz CT molecular complexity index is 1360. The number of thiophene rings is 1. The second kappa shape index (κ2) is 11.1. The first-order chi connectivity index (χ1) is 17.3. The molecular weight excluding hydrogens is 474 g/mol. The monoisotopic (exact) mass is 501 g/mol. The van der Waals surface area contributed by atoms with Crippen LogP contribution in [0.4, 0.5) is 5.69 Å². The number of nitrogens with zero attached hydrogens (tertiary/aromatic N) is 2. The standard InChI is InChI=1S/C28H27N3O4S/c1-4-25(33)35-23-7-5-6-22(31-28(34)24-13-12-21(36-24)14-17(2)3)26(23)27-29-15-19(16-30-27)18-8-10-20(32)11-9-18/h5-13,15-17,32H,4,14H2,1-3H3,(H,31,34). The average molecular weight is 502 g/mol. The second-order valence-electron chi connectivity index (χ2n) is 8.67. The maximum absolute atomic E-state index is 13.1. The number of hydrogen-bond donors (Lipinski definition) is 2. The number of aromatic hydroxyl groups is 1. The number of hydrogen-bond acceptors (Lipinski definition) is 7. The maximum Gasteiger partial charge on any atom is 0.310 e. The first-order valence-electron chi connectivity index (χ1n) is 11.7. The van der Waals surface area contributed by atoms with Crippen molar-refractivity contribution < 1.29 is 19.4 Å². The van der Waals surface area contributed by atoms with Gasteiger partial charge in [-0.15, -0.1) is 11.3 Å². The van der Waals surface area contributed by atoms with Crippen molar-refractivity contribution in [1.82, 2.24) is 9.97 Å². The van der Waals surface area contributed by atoms with Crippen LogP contribution < -0.4 is 10.1 Å². The van der Waals surface area contributed by atoms with Gasteiger partial charge in [0.05, 0.1) is 16.1 Å². The minimum Gasteiger partial charge on any atom is -0.508 e. The fraction of sp³-hybridized carbons (Fsp3) is 0.214. The quantitative estimate of drug-likeness (QED) is 0.216. The van der Waals surface area contributed by atoms with Gasteiger partial charge in [0, 0.05) is 29.3 Å². The first-order valence-corrected chi connectivity index (χ1v) is 12.5. The minimum absolute atomic E-state index is 0.172. The lowest BCUT2D eigenvalue weighted by atomic mass is 10.1. The molecule has 2 aromatic carbocycles. The van der Waals surface area contributed by atoms with Gasteiger partial charge in [-0.25, -0.2) is 9.97 Å². The molecule has 0 aliphatic heterocycles.